The van der Waals surface area contributed by atoms with Crippen LogP contribution in [0.25, 0.3) is 0 Å². The van der Waals surface area contributed by atoms with E-state index in [1.807, 2.05) is 11.6 Å². The van der Waals surface area contributed by atoms with Crippen molar-refractivity contribution in [3.05, 3.63) is 40.9 Å². The van der Waals surface area contributed by atoms with Crippen molar-refractivity contribution in [3.63, 3.8) is 0 Å². The Morgan fingerprint density at radius 2 is 2.15 bits per heavy atom. The van der Waals surface area contributed by atoms with E-state index >= 15 is 0 Å². The predicted octanol–water partition coefficient (Wildman–Crippen LogP) is 2.35. The highest BCUT2D eigenvalue weighted by Gasteiger charge is 2.57. The summed E-state index contributed by atoms with van der Waals surface area (Å²) in [7, 11) is -1.56. The van der Waals surface area contributed by atoms with Crippen LogP contribution in [0.2, 0.25) is 0 Å². The lowest BCUT2D eigenvalue weighted by Crippen LogP contribution is -2.41. The summed E-state index contributed by atoms with van der Waals surface area (Å²) >= 11 is 1.66. The quantitative estimate of drug-likeness (QED) is 0.776. The third-order valence-electron chi connectivity index (χ3n) is 5.58. The number of hydrogen-bond donors (Lipinski definition) is 0. The van der Waals surface area contributed by atoms with Gasteiger partial charge in [-0.25, -0.2) is 17.8 Å². The van der Waals surface area contributed by atoms with Crippen molar-refractivity contribution >= 4 is 21.4 Å². The number of rotatable bonds is 5. The summed E-state index contributed by atoms with van der Waals surface area (Å²) in [5.41, 5.74) is 0.207. The molecule has 1 aliphatic heterocycles. The van der Waals surface area contributed by atoms with E-state index in [2.05, 4.69) is 21.9 Å². The minimum absolute atomic E-state index is 0.0679. The van der Waals surface area contributed by atoms with Gasteiger partial charge >= 0.3 is 0 Å². The number of hydrogen-bond acceptors (Lipinski definition) is 6. The number of aromatic nitrogens is 2. The van der Waals surface area contributed by atoms with Crippen molar-refractivity contribution in [2.75, 3.05) is 20.1 Å². The number of thiazole rings is 1. The van der Waals surface area contributed by atoms with Gasteiger partial charge in [-0.3, -0.25) is 9.88 Å². The summed E-state index contributed by atoms with van der Waals surface area (Å²) < 4.78 is 40.2. The monoisotopic (exact) mass is 396 g/mol. The molecule has 1 saturated heterocycles. The topological polar surface area (TPSA) is 66.4 Å². The normalized spacial score (nSPS) is 22.8. The Kier molecular flexibility index (Phi) is 4.58. The van der Waals surface area contributed by atoms with Crippen LogP contribution in [0.1, 0.15) is 24.3 Å². The maximum Gasteiger partial charge on any atom is 0.244 e. The van der Waals surface area contributed by atoms with Crippen molar-refractivity contribution in [2.45, 2.75) is 36.7 Å². The third kappa shape index (κ3) is 3.28. The van der Waals surface area contributed by atoms with Gasteiger partial charge < -0.3 is 0 Å². The SMILES string of the molecule is CN(Cc1nccs1)C1CC12CCN(S(=O)(=O)c1cncc(F)c1)CC2. The summed E-state index contributed by atoms with van der Waals surface area (Å²) in [6.07, 6.45) is 6.82. The van der Waals surface area contributed by atoms with E-state index in [4.69, 9.17) is 0 Å². The van der Waals surface area contributed by atoms with E-state index in [1.54, 1.807) is 11.3 Å². The van der Waals surface area contributed by atoms with Crippen molar-refractivity contribution < 1.29 is 12.8 Å². The van der Waals surface area contributed by atoms with Gasteiger partial charge in [0.05, 0.1) is 12.7 Å². The number of nitrogens with zero attached hydrogens (tertiary/aromatic N) is 4. The molecule has 6 nitrogen and oxygen atoms in total. The molecule has 0 radical (unpaired) electrons. The zero-order valence-corrected chi connectivity index (χ0v) is 16.1. The molecule has 2 aliphatic rings. The van der Waals surface area contributed by atoms with E-state index in [9.17, 15) is 12.8 Å². The highest BCUT2D eigenvalue weighted by atomic mass is 32.2. The van der Waals surface area contributed by atoms with Crippen LogP contribution in [0.5, 0.6) is 0 Å². The Morgan fingerprint density at radius 3 is 2.81 bits per heavy atom. The molecule has 0 aromatic carbocycles. The Balaban J connectivity index is 1.39. The van der Waals surface area contributed by atoms with E-state index in [-0.39, 0.29) is 10.3 Å². The average molecular weight is 397 g/mol. The van der Waals surface area contributed by atoms with Gasteiger partial charge in [0.2, 0.25) is 10.0 Å². The third-order valence-corrected chi connectivity index (χ3v) is 8.21. The van der Waals surface area contributed by atoms with E-state index < -0.39 is 15.8 Å². The molecule has 1 unspecified atom stereocenters. The molecule has 9 heteroatoms. The van der Waals surface area contributed by atoms with Gasteiger partial charge in [-0.2, -0.15) is 4.31 Å². The summed E-state index contributed by atoms with van der Waals surface area (Å²) in [5.74, 6) is -0.634. The van der Waals surface area contributed by atoms with Crippen LogP contribution in [0.15, 0.2) is 34.9 Å². The molecule has 0 N–H and O–H groups in total. The van der Waals surface area contributed by atoms with Gasteiger partial charge in [0.1, 0.15) is 15.7 Å². The fourth-order valence-corrected chi connectivity index (χ4v) is 6.09. The Labute approximate surface area is 156 Å². The van der Waals surface area contributed by atoms with Crippen molar-refractivity contribution in [3.8, 4) is 0 Å². The van der Waals surface area contributed by atoms with Gasteiger partial charge in [-0.1, -0.05) is 0 Å². The molecule has 140 valence electrons. The highest BCUT2D eigenvalue weighted by molar-refractivity contribution is 7.89. The summed E-state index contributed by atoms with van der Waals surface area (Å²) in [5, 5.41) is 3.09. The highest BCUT2D eigenvalue weighted by Crippen LogP contribution is 2.56. The molecule has 1 aliphatic carbocycles. The molecule has 4 rings (SSSR count). The minimum atomic E-state index is -3.68. The molecule has 2 aromatic rings. The van der Waals surface area contributed by atoms with Crippen molar-refractivity contribution in [1.82, 2.24) is 19.2 Å². The van der Waals surface area contributed by atoms with Crippen molar-refractivity contribution in [1.29, 1.82) is 0 Å². The molecule has 3 heterocycles. The van der Waals surface area contributed by atoms with Crippen LogP contribution in [0, 0.1) is 11.2 Å². The lowest BCUT2D eigenvalue weighted by Gasteiger charge is -2.33. The van der Waals surface area contributed by atoms with E-state index in [0.29, 0.717) is 19.1 Å². The Bertz CT molecular complexity index is 880. The van der Waals surface area contributed by atoms with Gasteiger partial charge in [0.15, 0.2) is 0 Å². The first kappa shape index (κ1) is 18.0. The molecule has 1 atom stereocenters. The largest absolute Gasteiger partial charge is 0.296 e. The first-order valence-electron chi connectivity index (χ1n) is 8.60. The fourth-order valence-electron chi connectivity index (χ4n) is 4.00. The number of halogens is 1. The fraction of sp³-hybridized carbons (Fsp3) is 0.529. The molecular formula is C17H21FN4O2S2. The molecule has 0 amide bonds. The lowest BCUT2D eigenvalue weighted by atomic mass is 9.93. The summed E-state index contributed by atoms with van der Waals surface area (Å²) in [6.45, 7) is 1.78. The van der Waals surface area contributed by atoms with Crippen LogP contribution in [-0.2, 0) is 16.6 Å². The summed E-state index contributed by atoms with van der Waals surface area (Å²) in [4.78, 5) is 10.3. The zero-order chi connectivity index (χ0) is 18.4. The Hall–Kier alpha value is -1.42. The Morgan fingerprint density at radius 1 is 1.38 bits per heavy atom. The van der Waals surface area contributed by atoms with Crippen molar-refractivity contribution in [2.24, 2.45) is 5.41 Å². The first-order valence-corrected chi connectivity index (χ1v) is 10.9. The second-order valence-electron chi connectivity index (χ2n) is 7.17. The van der Waals surface area contributed by atoms with Crippen LogP contribution in [0.4, 0.5) is 4.39 Å². The number of piperidine rings is 1. The van der Waals surface area contributed by atoms with Crippen LogP contribution >= 0.6 is 11.3 Å². The van der Waals surface area contributed by atoms with E-state index in [0.717, 1.165) is 43.1 Å². The summed E-state index contributed by atoms with van der Waals surface area (Å²) in [6, 6.07) is 1.51. The second kappa shape index (κ2) is 6.63. The van der Waals surface area contributed by atoms with Gasteiger partial charge in [-0.15, -0.1) is 11.3 Å². The maximum absolute atomic E-state index is 13.3. The minimum Gasteiger partial charge on any atom is -0.296 e. The molecule has 1 saturated carbocycles. The van der Waals surface area contributed by atoms with E-state index in [1.165, 1.54) is 10.5 Å². The number of sulfonamides is 1. The lowest BCUT2D eigenvalue weighted by molar-refractivity contribution is 0.196. The van der Waals surface area contributed by atoms with Gasteiger partial charge in [0, 0.05) is 36.9 Å². The van der Waals surface area contributed by atoms with Gasteiger partial charge in [-0.05, 0) is 37.8 Å². The predicted molar refractivity (Wildman–Crippen MR) is 96.6 cm³/mol. The standard InChI is InChI=1S/C17H21FN4O2S2/c1-21(12-16-20-4-7-25-16)15-9-17(15)2-5-22(6-3-17)26(23,24)14-8-13(18)10-19-11-14/h4,7-8,10-11,15H,2-3,5-6,9,12H2,1H3. The molecule has 1 spiro atoms. The van der Waals surface area contributed by atoms with Crippen LogP contribution in [0.3, 0.4) is 0 Å². The van der Waals surface area contributed by atoms with Crippen LogP contribution < -0.4 is 0 Å². The maximum atomic E-state index is 13.3. The smallest absolute Gasteiger partial charge is 0.244 e. The molecule has 2 fully saturated rings. The molecule has 26 heavy (non-hydrogen) atoms. The molecule has 2 aromatic heterocycles. The van der Waals surface area contributed by atoms with Gasteiger partial charge in [0.25, 0.3) is 0 Å². The average Bonchev–Trinajstić information content (AvgIpc) is 3.07. The number of pyridine rings is 1. The zero-order valence-electron chi connectivity index (χ0n) is 14.5. The molecule has 0 bridgehead atoms. The first-order chi connectivity index (χ1) is 12.4. The molecular weight excluding hydrogens is 375 g/mol. The van der Waals surface area contributed by atoms with Crippen LogP contribution in [-0.4, -0.2) is 53.8 Å². The second-order valence-corrected chi connectivity index (χ2v) is 10.1.